The number of methoxy groups -OCH3 is 2. The minimum Gasteiger partial charge on any atom is -0.550 e. The molecule has 3 rings (SSSR count). The molecule has 1 aromatic rings. The molecule has 0 unspecified atom stereocenters. The minimum atomic E-state index is -1.31. The molecule has 1 aromatic carbocycles. The molecule has 4 atom stereocenters. The molecule has 1 saturated heterocycles. The lowest BCUT2D eigenvalue weighted by atomic mass is 9.82. The minimum absolute atomic E-state index is 0.286. The number of amides is 1. The third kappa shape index (κ3) is 2.70. The number of carbonyl (C=O) groups excluding carboxylic acids is 2. The summed E-state index contributed by atoms with van der Waals surface area (Å²) >= 11 is 6.07. The molecular formula is C16H15ClNO6-. The van der Waals surface area contributed by atoms with Crippen molar-refractivity contribution in [3.05, 3.63) is 29.3 Å². The van der Waals surface area contributed by atoms with E-state index in [9.17, 15) is 14.7 Å². The molecule has 0 saturated carbocycles. The molecule has 128 valence electrons. The number of aliphatic carboxylic acids is 1. The van der Waals surface area contributed by atoms with Crippen LogP contribution in [0.2, 0.25) is 5.02 Å². The molecule has 7 nitrogen and oxygen atoms in total. The number of nitrogens with one attached hydrogen (secondary N) is 1. The Hall–Kier alpha value is -2.25. The van der Waals surface area contributed by atoms with Crippen LogP contribution in [0, 0.1) is 11.8 Å². The number of carboxylic acids is 1. The molecule has 24 heavy (non-hydrogen) atoms. The predicted molar refractivity (Wildman–Crippen MR) is 83.0 cm³/mol. The zero-order chi connectivity index (χ0) is 17.4. The summed E-state index contributed by atoms with van der Waals surface area (Å²) in [6.45, 7) is 0. The second-order valence-electron chi connectivity index (χ2n) is 5.50. The fourth-order valence-electron chi connectivity index (χ4n) is 3.08. The average molecular weight is 353 g/mol. The molecule has 2 heterocycles. The first-order valence-electron chi connectivity index (χ1n) is 7.23. The zero-order valence-corrected chi connectivity index (χ0v) is 13.7. The van der Waals surface area contributed by atoms with Gasteiger partial charge in [0, 0.05) is 18.0 Å². The summed E-state index contributed by atoms with van der Waals surface area (Å²) in [6.07, 6.45) is 2.10. The van der Waals surface area contributed by atoms with Crippen LogP contribution in [0.4, 0.5) is 5.69 Å². The third-order valence-corrected chi connectivity index (χ3v) is 4.50. The van der Waals surface area contributed by atoms with E-state index in [0.29, 0.717) is 17.2 Å². The van der Waals surface area contributed by atoms with E-state index in [-0.39, 0.29) is 5.02 Å². The first-order chi connectivity index (χ1) is 11.5. The normalized spacial score (nSPS) is 27.1. The van der Waals surface area contributed by atoms with E-state index in [1.807, 2.05) is 0 Å². The summed E-state index contributed by atoms with van der Waals surface area (Å²) in [5, 5.41) is 14.3. The highest BCUT2D eigenvalue weighted by molar-refractivity contribution is 6.32. The van der Waals surface area contributed by atoms with Crippen LogP contribution in [0.15, 0.2) is 24.3 Å². The number of benzene rings is 1. The second-order valence-corrected chi connectivity index (χ2v) is 5.90. The Morgan fingerprint density at radius 3 is 2.33 bits per heavy atom. The van der Waals surface area contributed by atoms with E-state index in [0.717, 1.165) is 0 Å². The second kappa shape index (κ2) is 6.33. The molecule has 0 aromatic heterocycles. The Morgan fingerprint density at radius 1 is 1.12 bits per heavy atom. The quantitative estimate of drug-likeness (QED) is 0.780. The van der Waals surface area contributed by atoms with Crippen molar-refractivity contribution >= 4 is 29.2 Å². The van der Waals surface area contributed by atoms with E-state index < -0.39 is 35.9 Å². The van der Waals surface area contributed by atoms with Gasteiger partial charge in [0.2, 0.25) is 5.91 Å². The number of carbonyl (C=O) groups is 2. The largest absolute Gasteiger partial charge is 0.550 e. The monoisotopic (exact) mass is 352 g/mol. The van der Waals surface area contributed by atoms with Gasteiger partial charge in [0.1, 0.15) is 11.5 Å². The van der Waals surface area contributed by atoms with Gasteiger partial charge in [-0.05, 0) is 6.07 Å². The van der Waals surface area contributed by atoms with Crippen LogP contribution >= 0.6 is 11.6 Å². The van der Waals surface area contributed by atoms with Crippen molar-refractivity contribution in [3.63, 3.8) is 0 Å². The summed E-state index contributed by atoms with van der Waals surface area (Å²) in [5.41, 5.74) is 0.317. The summed E-state index contributed by atoms with van der Waals surface area (Å²) in [4.78, 5) is 24.0. The lowest BCUT2D eigenvalue weighted by Gasteiger charge is -2.25. The fourth-order valence-corrected chi connectivity index (χ4v) is 3.32. The summed E-state index contributed by atoms with van der Waals surface area (Å²) in [7, 11) is 2.90. The number of rotatable bonds is 5. The van der Waals surface area contributed by atoms with Crippen LogP contribution in [-0.2, 0) is 14.3 Å². The lowest BCUT2D eigenvalue weighted by molar-refractivity contribution is -0.313. The maximum absolute atomic E-state index is 12.6. The molecular weight excluding hydrogens is 338 g/mol. The van der Waals surface area contributed by atoms with Gasteiger partial charge in [0.05, 0.1) is 43.1 Å². The summed E-state index contributed by atoms with van der Waals surface area (Å²) in [6, 6.07) is 3.01. The molecule has 0 spiro atoms. The first-order valence-corrected chi connectivity index (χ1v) is 7.61. The van der Waals surface area contributed by atoms with Crippen LogP contribution < -0.4 is 19.9 Å². The Bertz CT molecular complexity index is 719. The number of hydrogen-bond acceptors (Lipinski definition) is 6. The van der Waals surface area contributed by atoms with Gasteiger partial charge in [-0.15, -0.1) is 0 Å². The highest BCUT2D eigenvalue weighted by atomic mass is 35.5. The number of carboxylic acid groups (broad SMARTS) is 1. The van der Waals surface area contributed by atoms with Gasteiger partial charge < -0.3 is 29.4 Å². The Balaban J connectivity index is 1.86. The first kappa shape index (κ1) is 16.6. The van der Waals surface area contributed by atoms with Crippen LogP contribution in [0.25, 0.3) is 0 Å². The van der Waals surface area contributed by atoms with Crippen molar-refractivity contribution in [2.45, 2.75) is 12.2 Å². The highest BCUT2D eigenvalue weighted by Crippen LogP contribution is 2.41. The van der Waals surface area contributed by atoms with Crippen LogP contribution in [0.1, 0.15) is 0 Å². The van der Waals surface area contributed by atoms with Crippen molar-refractivity contribution in [1.82, 2.24) is 0 Å². The SMILES string of the molecule is COc1cc(OC)c(NC(=O)[C@H]2[C@@H](C(=O)[O-])[C@H]3C=C[C@@H]2O3)cc1Cl. The summed E-state index contributed by atoms with van der Waals surface area (Å²) < 4.78 is 15.8. The molecule has 1 fully saturated rings. The van der Waals surface area contributed by atoms with E-state index >= 15 is 0 Å². The van der Waals surface area contributed by atoms with Crippen molar-refractivity contribution in [2.24, 2.45) is 11.8 Å². The Kier molecular flexibility index (Phi) is 4.38. The van der Waals surface area contributed by atoms with Crippen LogP contribution in [0.5, 0.6) is 11.5 Å². The molecule has 0 aliphatic carbocycles. The van der Waals surface area contributed by atoms with Gasteiger partial charge in [-0.1, -0.05) is 23.8 Å². The lowest BCUT2D eigenvalue weighted by Crippen LogP contribution is -2.45. The molecule has 1 amide bonds. The number of halogens is 1. The van der Waals surface area contributed by atoms with Gasteiger partial charge in [-0.25, -0.2) is 0 Å². The van der Waals surface area contributed by atoms with E-state index in [1.54, 1.807) is 12.2 Å². The number of fused-ring (bicyclic) bond motifs is 2. The number of ether oxygens (including phenoxy) is 3. The third-order valence-electron chi connectivity index (χ3n) is 4.21. The van der Waals surface area contributed by atoms with Crippen LogP contribution in [-0.4, -0.2) is 38.3 Å². The molecule has 2 bridgehead atoms. The predicted octanol–water partition coefficient (Wildman–Crippen LogP) is 0.615. The smallest absolute Gasteiger partial charge is 0.231 e. The van der Waals surface area contributed by atoms with Crippen molar-refractivity contribution in [1.29, 1.82) is 0 Å². The van der Waals surface area contributed by atoms with Gasteiger partial charge in [0.15, 0.2) is 0 Å². The van der Waals surface area contributed by atoms with E-state index in [4.69, 9.17) is 25.8 Å². The van der Waals surface area contributed by atoms with Gasteiger partial charge >= 0.3 is 0 Å². The van der Waals surface area contributed by atoms with Gasteiger partial charge in [0.25, 0.3) is 0 Å². The highest BCUT2D eigenvalue weighted by Gasteiger charge is 2.50. The molecule has 1 N–H and O–H groups in total. The molecule has 0 radical (unpaired) electrons. The Labute approximate surface area is 143 Å². The topological polar surface area (TPSA) is 96.9 Å². The number of anilines is 1. The maximum atomic E-state index is 12.6. The Morgan fingerprint density at radius 2 is 1.75 bits per heavy atom. The maximum Gasteiger partial charge on any atom is 0.231 e. The zero-order valence-electron chi connectivity index (χ0n) is 12.9. The van der Waals surface area contributed by atoms with E-state index in [2.05, 4.69) is 5.32 Å². The van der Waals surface area contributed by atoms with Crippen LogP contribution in [0.3, 0.4) is 0 Å². The number of hydrogen-bond donors (Lipinski definition) is 1. The fraction of sp³-hybridized carbons (Fsp3) is 0.375. The molecule has 8 heteroatoms. The van der Waals surface area contributed by atoms with Gasteiger partial charge in [-0.3, -0.25) is 4.79 Å². The summed E-state index contributed by atoms with van der Waals surface area (Å²) in [5.74, 6) is -2.98. The van der Waals surface area contributed by atoms with Crippen molar-refractivity contribution in [2.75, 3.05) is 19.5 Å². The standard InChI is InChI=1S/C16H16ClNO6/c1-22-11-6-12(23-2)8(5-7(11)17)18-15(19)13-9-3-4-10(24-9)14(13)16(20)21/h3-6,9-10,13-14H,1-2H3,(H,18,19)(H,20,21)/p-1/t9-,10+,13+,14-/m0/s1. The van der Waals surface area contributed by atoms with Crippen molar-refractivity contribution in [3.8, 4) is 11.5 Å². The average Bonchev–Trinajstić information content (AvgIpc) is 3.16. The van der Waals surface area contributed by atoms with Gasteiger partial charge in [-0.2, -0.15) is 0 Å². The molecule has 2 aliphatic rings. The van der Waals surface area contributed by atoms with E-state index in [1.165, 1.54) is 26.4 Å². The van der Waals surface area contributed by atoms with Crippen molar-refractivity contribution < 1.29 is 28.9 Å². The molecule has 2 aliphatic heterocycles.